The zero-order chi connectivity index (χ0) is 5.98. The van der Waals surface area contributed by atoms with Crippen molar-refractivity contribution in [3.05, 3.63) is 24.6 Å². The van der Waals surface area contributed by atoms with Gasteiger partial charge in [-0.1, -0.05) is 0 Å². The third-order valence-corrected chi connectivity index (χ3v) is 0.819. The molecule has 39 valence electrons. The molecule has 1 radical (unpaired) electrons. The Labute approximate surface area is 49.4 Å². The molecule has 0 saturated carbocycles. The molecule has 0 unspecified atom stereocenters. The van der Waals surface area contributed by atoms with E-state index in [-0.39, 0.29) is 0 Å². The Bertz CT molecular complexity index is 160. The van der Waals surface area contributed by atoms with Gasteiger partial charge in [0.15, 0.2) is 0 Å². The Hall–Kier alpha value is -0.985. The summed E-state index contributed by atoms with van der Waals surface area (Å²) in [6.07, 6.45) is 3.53. The molecule has 0 bridgehead atoms. The molecule has 0 aromatic carbocycles. The van der Waals surface area contributed by atoms with Gasteiger partial charge in [0.1, 0.15) is 0 Å². The Kier molecular flexibility index (Phi) is 1.20. The van der Waals surface area contributed by atoms with E-state index in [4.69, 9.17) is 7.49 Å². The van der Waals surface area contributed by atoms with E-state index in [9.17, 15) is 0 Å². The molecule has 3 heteroatoms. The number of hydrogen-bond donors (Lipinski definition) is 2. The molecule has 2 N–H and O–H groups in total. The average molecular weight is 105 g/mol. The molecular formula is C5H6BN2. The number of nitrogens with one attached hydrogen (secondary N) is 2. The number of allylic oxidation sites excluding steroid dienone is 1. The summed E-state index contributed by atoms with van der Waals surface area (Å²) in [6, 6.07) is 0. The van der Waals surface area contributed by atoms with Gasteiger partial charge in [-0.25, -0.2) is 0 Å². The Morgan fingerprint density at radius 3 is 2.75 bits per heavy atom. The van der Waals surface area contributed by atoms with Crippen LogP contribution in [-0.4, -0.2) is 13.2 Å². The Morgan fingerprint density at radius 2 is 2.38 bits per heavy atom. The van der Waals surface area contributed by atoms with Crippen LogP contribution in [0.15, 0.2) is 24.6 Å². The van der Waals surface area contributed by atoms with Crippen LogP contribution in [0.3, 0.4) is 0 Å². The fourth-order valence-corrected chi connectivity index (χ4v) is 0.483. The summed E-state index contributed by atoms with van der Waals surface area (Å²) >= 11 is 0. The first-order chi connectivity index (χ1) is 3.79. The molecule has 1 rings (SSSR count). The van der Waals surface area contributed by atoms with E-state index >= 15 is 0 Å². The van der Waals surface area contributed by atoms with Crippen LogP contribution in [-0.2, 0) is 0 Å². The van der Waals surface area contributed by atoms with Gasteiger partial charge in [-0.05, 0) is 0 Å². The molecule has 1 aliphatic rings. The van der Waals surface area contributed by atoms with E-state index in [1.807, 2.05) is 0 Å². The molecule has 0 atom stereocenters. The SMILES string of the molecule is [B]=C1NC=CC(=C)N1. The first-order valence-corrected chi connectivity index (χ1v) is 2.30. The van der Waals surface area contributed by atoms with Gasteiger partial charge in [0, 0.05) is 0 Å². The number of hydrogen-bond acceptors (Lipinski definition) is 2. The second-order valence-electron chi connectivity index (χ2n) is 1.54. The van der Waals surface area contributed by atoms with E-state index in [1.54, 1.807) is 12.3 Å². The molecule has 1 aliphatic heterocycles. The second-order valence-corrected chi connectivity index (χ2v) is 1.54. The van der Waals surface area contributed by atoms with Crippen molar-refractivity contribution in [3.8, 4) is 0 Å². The summed E-state index contributed by atoms with van der Waals surface area (Å²) in [4.78, 5) is 0. The third kappa shape index (κ3) is 0.995. The van der Waals surface area contributed by atoms with E-state index in [2.05, 4.69) is 17.2 Å². The van der Waals surface area contributed by atoms with Gasteiger partial charge in [-0.3, -0.25) is 0 Å². The van der Waals surface area contributed by atoms with Gasteiger partial charge >= 0.3 is 48.4 Å². The van der Waals surface area contributed by atoms with E-state index < -0.39 is 0 Å². The predicted molar refractivity (Wildman–Crippen MR) is 35.3 cm³/mol. The third-order valence-electron chi connectivity index (χ3n) is 0.819. The molecule has 0 aromatic rings. The molecule has 0 spiro atoms. The normalized spacial score (nSPS) is 17.4. The van der Waals surface area contributed by atoms with Crippen molar-refractivity contribution in [2.24, 2.45) is 0 Å². The van der Waals surface area contributed by atoms with Gasteiger partial charge < -0.3 is 0 Å². The summed E-state index contributed by atoms with van der Waals surface area (Å²) in [5.41, 5.74) is 1.33. The average Bonchev–Trinajstić information content (AvgIpc) is 1.64. The van der Waals surface area contributed by atoms with Crippen LogP contribution in [0, 0.1) is 0 Å². The summed E-state index contributed by atoms with van der Waals surface area (Å²) in [5.74, 6) is 0. The van der Waals surface area contributed by atoms with Crippen LogP contribution in [0.4, 0.5) is 0 Å². The van der Waals surface area contributed by atoms with E-state index in [1.165, 1.54) is 0 Å². The molecule has 1 heterocycles. The Balaban J connectivity index is 2.68. The maximum absolute atomic E-state index is 5.31. The molecule has 0 saturated heterocycles. The van der Waals surface area contributed by atoms with Crippen LogP contribution >= 0.6 is 0 Å². The van der Waals surface area contributed by atoms with Crippen LogP contribution in [0.1, 0.15) is 0 Å². The van der Waals surface area contributed by atoms with Gasteiger partial charge in [0.2, 0.25) is 0 Å². The molecule has 0 aromatic heterocycles. The molecule has 0 aliphatic carbocycles. The summed E-state index contributed by atoms with van der Waals surface area (Å²) in [5, 5.41) is 5.54. The van der Waals surface area contributed by atoms with Crippen molar-refractivity contribution in [1.82, 2.24) is 10.6 Å². The fourth-order valence-electron chi connectivity index (χ4n) is 0.483. The van der Waals surface area contributed by atoms with Crippen LogP contribution in [0.25, 0.3) is 0 Å². The zero-order valence-corrected chi connectivity index (χ0v) is 4.44. The summed E-state index contributed by atoms with van der Waals surface area (Å²) in [7, 11) is 5.31. The van der Waals surface area contributed by atoms with Crippen molar-refractivity contribution >= 4 is 13.2 Å². The van der Waals surface area contributed by atoms with Crippen LogP contribution in [0.2, 0.25) is 0 Å². The van der Waals surface area contributed by atoms with E-state index in [0.29, 0.717) is 5.71 Å². The zero-order valence-electron chi connectivity index (χ0n) is 4.44. The molecule has 2 nitrogen and oxygen atoms in total. The van der Waals surface area contributed by atoms with Crippen molar-refractivity contribution in [3.63, 3.8) is 0 Å². The van der Waals surface area contributed by atoms with Crippen LogP contribution in [0.5, 0.6) is 0 Å². The minimum absolute atomic E-state index is 0.525. The Morgan fingerprint density at radius 1 is 1.62 bits per heavy atom. The standard InChI is InChI=1S/C5H6BN2/c1-4-2-3-7-5(6)8-4/h2-3,7-8H,1H2. The molecule has 8 heavy (non-hydrogen) atoms. The van der Waals surface area contributed by atoms with Crippen molar-refractivity contribution < 1.29 is 0 Å². The van der Waals surface area contributed by atoms with Gasteiger partial charge in [-0.15, -0.1) is 0 Å². The first-order valence-electron chi connectivity index (χ1n) is 2.30. The van der Waals surface area contributed by atoms with Crippen LogP contribution < -0.4 is 10.6 Å². The minimum atomic E-state index is 0.525. The van der Waals surface area contributed by atoms with Crippen molar-refractivity contribution in [1.29, 1.82) is 0 Å². The van der Waals surface area contributed by atoms with Crippen molar-refractivity contribution in [2.45, 2.75) is 0 Å². The fraction of sp³-hybridized carbons (Fsp3) is 0. The monoisotopic (exact) mass is 105 g/mol. The molecular weight excluding hydrogens is 98.9 g/mol. The summed E-state index contributed by atoms with van der Waals surface area (Å²) in [6.45, 7) is 3.63. The van der Waals surface area contributed by atoms with E-state index in [0.717, 1.165) is 5.70 Å². The van der Waals surface area contributed by atoms with Crippen molar-refractivity contribution in [2.75, 3.05) is 0 Å². The molecule has 0 amide bonds. The predicted octanol–water partition coefficient (Wildman–Crippen LogP) is -0.538. The van der Waals surface area contributed by atoms with Gasteiger partial charge in [0.05, 0.1) is 0 Å². The topological polar surface area (TPSA) is 24.1 Å². The maximum atomic E-state index is 5.31. The van der Waals surface area contributed by atoms with Gasteiger partial charge in [0.25, 0.3) is 0 Å². The second kappa shape index (κ2) is 1.86. The summed E-state index contributed by atoms with van der Waals surface area (Å²) < 4.78 is 0. The number of rotatable bonds is 0. The quantitative estimate of drug-likeness (QED) is 0.404. The molecule has 0 fully saturated rings. The van der Waals surface area contributed by atoms with Gasteiger partial charge in [-0.2, -0.15) is 0 Å². The first kappa shape index (κ1) is 5.16.